The van der Waals surface area contributed by atoms with Gasteiger partial charge < -0.3 is 5.32 Å². The van der Waals surface area contributed by atoms with Crippen LogP contribution in [0.4, 0.5) is 4.79 Å². The number of urea groups is 1. The molecule has 5 amide bonds. The molecule has 0 aromatic heterocycles. The van der Waals surface area contributed by atoms with E-state index >= 15 is 0 Å². The molecule has 4 N–H and O–H groups in total. The summed E-state index contributed by atoms with van der Waals surface area (Å²) in [6, 6.07) is 8.41. The van der Waals surface area contributed by atoms with Gasteiger partial charge in [0, 0.05) is 0 Å². The van der Waals surface area contributed by atoms with E-state index in [0.29, 0.717) is 36.4 Å². The Labute approximate surface area is 199 Å². The fourth-order valence-electron chi connectivity index (χ4n) is 3.99. The van der Waals surface area contributed by atoms with Crippen molar-refractivity contribution >= 4 is 35.5 Å². The van der Waals surface area contributed by atoms with Crippen molar-refractivity contribution in [3.63, 3.8) is 0 Å². The molecule has 182 valence electrons. The van der Waals surface area contributed by atoms with E-state index in [4.69, 9.17) is 0 Å². The first-order valence-electron chi connectivity index (χ1n) is 11.2. The first-order chi connectivity index (χ1) is 15.8. The second-order valence-corrected chi connectivity index (χ2v) is 9.62. The Kier molecular flexibility index (Phi) is 10.7. The summed E-state index contributed by atoms with van der Waals surface area (Å²) >= 11 is 1.56. The van der Waals surface area contributed by atoms with Crippen LogP contribution in [0.3, 0.4) is 0 Å². The highest BCUT2D eigenvalue weighted by molar-refractivity contribution is 7.98. The molecule has 1 fully saturated rings. The van der Waals surface area contributed by atoms with Crippen LogP contribution in [0.15, 0.2) is 30.3 Å². The van der Waals surface area contributed by atoms with Crippen molar-refractivity contribution in [3.8, 4) is 0 Å². The lowest BCUT2D eigenvalue weighted by molar-refractivity contribution is -0.144. The average Bonchev–Trinajstić information content (AvgIpc) is 3.06. The average molecular weight is 479 g/mol. The molecule has 9 nitrogen and oxygen atoms in total. The van der Waals surface area contributed by atoms with Gasteiger partial charge in [-0.15, -0.1) is 0 Å². The van der Waals surface area contributed by atoms with Gasteiger partial charge >= 0.3 is 6.03 Å². The topological polar surface area (TPSA) is 128 Å². The normalized spacial score (nSPS) is 17.6. The van der Waals surface area contributed by atoms with Crippen molar-refractivity contribution < 1.29 is 24.4 Å². The fraction of sp³-hybridized carbons (Fsp3) is 0.565. The van der Waals surface area contributed by atoms with Crippen LogP contribution < -0.4 is 16.2 Å². The second-order valence-electron chi connectivity index (χ2n) is 8.63. The highest BCUT2D eigenvalue weighted by Gasteiger charge is 2.41. The third-order valence-electron chi connectivity index (χ3n) is 5.67. The molecule has 1 aliphatic rings. The predicted molar refractivity (Wildman–Crippen MR) is 126 cm³/mol. The Hall–Kier alpha value is -2.59. The third kappa shape index (κ3) is 7.75. The summed E-state index contributed by atoms with van der Waals surface area (Å²) in [5.41, 5.74) is 5.22. The van der Waals surface area contributed by atoms with E-state index in [1.54, 1.807) is 17.2 Å². The van der Waals surface area contributed by atoms with Crippen molar-refractivity contribution in [2.75, 3.05) is 12.0 Å². The minimum absolute atomic E-state index is 0.0706. The zero-order valence-corrected chi connectivity index (χ0v) is 20.2. The number of imide groups is 1. The second kappa shape index (κ2) is 13.2. The molecule has 1 aliphatic heterocycles. The van der Waals surface area contributed by atoms with Crippen molar-refractivity contribution in [2.45, 2.75) is 52.0 Å². The Morgan fingerprint density at radius 1 is 1.15 bits per heavy atom. The van der Waals surface area contributed by atoms with E-state index < -0.39 is 41.6 Å². The SMILES string of the molecule is CSCCC1NC(=O)N(NC(=O)C(CC(C)C)[C@@H](CCCc2ccccc2)C(=O)NO)C1=O. The number of hydrogen-bond acceptors (Lipinski definition) is 6. The van der Waals surface area contributed by atoms with Gasteiger partial charge in [-0.2, -0.15) is 16.8 Å². The molecular formula is C23H34N4O5S. The van der Waals surface area contributed by atoms with Crippen LogP contribution >= 0.6 is 11.8 Å². The van der Waals surface area contributed by atoms with Gasteiger partial charge in [0.2, 0.25) is 11.8 Å². The zero-order valence-electron chi connectivity index (χ0n) is 19.4. The number of hydrazine groups is 1. The minimum atomic E-state index is -0.821. The van der Waals surface area contributed by atoms with Crippen LogP contribution in [0.25, 0.3) is 0 Å². The van der Waals surface area contributed by atoms with E-state index in [-0.39, 0.29) is 5.92 Å². The molecule has 0 radical (unpaired) electrons. The van der Waals surface area contributed by atoms with E-state index in [0.717, 1.165) is 12.0 Å². The lowest BCUT2D eigenvalue weighted by atomic mass is 9.81. The summed E-state index contributed by atoms with van der Waals surface area (Å²) in [6.07, 6.45) is 4.43. The number of thioether (sulfide) groups is 1. The molecule has 0 saturated carbocycles. The van der Waals surface area contributed by atoms with E-state index in [1.165, 1.54) is 0 Å². The first kappa shape index (κ1) is 26.7. The van der Waals surface area contributed by atoms with Gasteiger partial charge in [-0.3, -0.25) is 25.0 Å². The molecule has 0 bridgehead atoms. The fourth-order valence-corrected chi connectivity index (χ4v) is 4.46. The monoisotopic (exact) mass is 478 g/mol. The van der Waals surface area contributed by atoms with Crippen LogP contribution in [-0.2, 0) is 20.8 Å². The Morgan fingerprint density at radius 2 is 1.85 bits per heavy atom. The third-order valence-corrected chi connectivity index (χ3v) is 6.31. The van der Waals surface area contributed by atoms with Gasteiger partial charge in [-0.1, -0.05) is 44.2 Å². The number of benzene rings is 1. The van der Waals surface area contributed by atoms with Crippen molar-refractivity contribution in [1.29, 1.82) is 0 Å². The molecule has 0 aliphatic carbocycles. The Bertz CT molecular complexity index is 820. The van der Waals surface area contributed by atoms with Crippen molar-refractivity contribution in [1.82, 2.24) is 21.2 Å². The molecule has 33 heavy (non-hydrogen) atoms. The highest BCUT2D eigenvalue weighted by Crippen LogP contribution is 2.27. The molecular weight excluding hydrogens is 444 g/mol. The number of aryl methyl sites for hydroxylation is 1. The molecule has 1 saturated heterocycles. The van der Waals surface area contributed by atoms with Gasteiger partial charge in [0.25, 0.3) is 5.91 Å². The predicted octanol–water partition coefficient (Wildman–Crippen LogP) is 2.50. The molecule has 10 heteroatoms. The van der Waals surface area contributed by atoms with Crippen LogP contribution in [-0.4, -0.2) is 52.0 Å². The van der Waals surface area contributed by atoms with Gasteiger partial charge in [0.05, 0.1) is 11.8 Å². The van der Waals surface area contributed by atoms with Crippen LogP contribution in [0, 0.1) is 17.8 Å². The summed E-state index contributed by atoms with van der Waals surface area (Å²) in [5.74, 6) is -2.63. The number of rotatable bonds is 13. The summed E-state index contributed by atoms with van der Waals surface area (Å²) < 4.78 is 0. The van der Waals surface area contributed by atoms with Crippen LogP contribution in [0.2, 0.25) is 0 Å². The smallest absolute Gasteiger partial charge is 0.324 e. The largest absolute Gasteiger partial charge is 0.344 e. The Morgan fingerprint density at radius 3 is 2.45 bits per heavy atom. The zero-order chi connectivity index (χ0) is 24.4. The van der Waals surface area contributed by atoms with Gasteiger partial charge in [0.15, 0.2) is 0 Å². The Balaban J connectivity index is 2.12. The maximum atomic E-state index is 13.2. The highest BCUT2D eigenvalue weighted by atomic mass is 32.2. The number of nitrogens with one attached hydrogen (secondary N) is 3. The number of nitrogens with zero attached hydrogens (tertiary/aromatic N) is 1. The maximum absolute atomic E-state index is 13.2. The molecule has 0 spiro atoms. The van der Waals surface area contributed by atoms with Gasteiger partial charge in [-0.25, -0.2) is 10.3 Å². The van der Waals surface area contributed by atoms with Crippen molar-refractivity contribution in [2.24, 2.45) is 17.8 Å². The summed E-state index contributed by atoms with van der Waals surface area (Å²) in [7, 11) is 0. The van der Waals surface area contributed by atoms with E-state index in [2.05, 4.69) is 10.7 Å². The summed E-state index contributed by atoms with van der Waals surface area (Å²) in [6.45, 7) is 3.84. The molecule has 2 rings (SSSR count). The molecule has 1 aromatic carbocycles. The number of carbonyl (C=O) groups is 4. The number of amides is 5. The standard InChI is InChI=1S/C23H34N4O5S/c1-15(2)14-18(17(21(29)26-32)11-7-10-16-8-5-4-6-9-16)20(28)25-27-22(30)19(12-13-33-3)24-23(27)31/h4-6,8-9,15,17-19,32H,7,10-14H2,1-3H3,(H,24,31)(H,25,28)(H,26,29)/t17-,18?,19?/m1/s1. The van der Waals surface area contributed by atoms with E-state index in [1.807, 2.05) is 50.4 Å². The first-order valence-corrected chi connectivity index (χ1v) is 12.6. The summed E-state index contributed by atoms with van der Waals surface area (Å²) in [5, 5.41) is 12.6. The lowest BCUT2D eigenvalue weighted by Gasteiger charge is -2.27. The molecule has 1 heterocycles. The lowest BCUT2D eigenvalue weighted by Crippen LogP contribution is -2.51. The summed E-state index contributed by atoms with van der Waals surface area (Å²) in [4.78, 5) is 50.6. The van der Waals surface area contributed by atoms with Crippen LogP contribution in [0.5, 0.6) is 0 Å². The minimum Gasteiger partial charge on any atom is -0.324 e. The van der Waals surface area contributed by atoms with Gasteiger partial charge in [-0.05, 0) is 55.6 Å². The molecule has 3 atom stereocenters. The van der Waals surface area contributed by atoms with Crippen molar-refractivity contribution in [3.05, 3.63) is 35.9 Å². The molecule has 2 unspecified atom stereocenters. The number of hydrogen-bond donors (Lipinski definition) is 4. The number of carbonyl (C=O) groups excluding carboxylic acids is 4. The van der Waals surface area contributed by atoms with Gasteiger partial charge in [0.1, 0.15) is 6.04 Å². The van der Waals surface area contributed by atoms with E-state index in [9.17, 15) is 24.4 Å². The quantitative estimate of drug-likeness (QED) is 0.196. The molecule has 1 aromatic rings. The van der Waals surface area contributed by atoms with Crippen LogP contribution in [0.1, 0.15) is 45.1 Å². The number of hydroxylamine groups is 1. The maximum Gasteiger partial charge on any atom is 0.344 e.